The Morgan fingerprint density at radius 3 is 3.12 bits per heavy atom. The second-order valence-corrected chi connectivity index (χ2v) is 4.00. The standard InChI is InChI=1S/C12H15NO3/c1-8(14)6-13-12(15)10-7-16-11-5-3-2-4-9(10)11/h2-5,8,10,14H,6-7H2,1H3,(H,13,15)/t8-,10?/m0/s1. The maximum atomic E-state index is 11.8. The van der Waals surface area contributed by atoms with E-state index < -0.39 is 6.10 Å². The molecule has 0 radical (unpaired) electrons. The number of aliphatic hydroxyl groups excluding tert-OH is 1. The summed E-state index contributed by atoms with van der Waals surface area (Å²) >= 11 is 0. The monoisotopic (exact) mass is 221 g/mol. The van der Waals surface area contributed by atoms with Gasteiger partial charge in [-0.2, -0.15) is 0 Å². The van der Waals surface area contributed by atoms with Crippen LogP contribution in [-0.2, 0) is 4.79 Å². The number of fused-ring (bicyclic) bond motifs is 1. The van der Waals surface area contributed by atoms with Crippen LogP contribution in [-0.4, -0.2) is 30.3 Å². The number of hydrogen-bond acceptors (Lipinski definition) is 3. The average molecular weight is 221 g/mol. The number of hydrogen-bond donors (Lipinski definition) is 2. The van der Waals surface area contributed by atoms with Crippen molar-refractivity contribution in [1.29, 1.82) is 0 Å². The van der Waals surface area contributed by atoms with Crippen LogP contribution in [0, 0.1) is 0 Å². The molecule has 0 fully saturated rings. The van der Waals surface area contributed by atoms with Crippen molar-refractivity contribution < 1.29 is 14.6 Å². The summed E-state index contributed by atoms with van der Waals surface area (Å²) < 4.78 is 5.42. The first-order chi connectivity index (χ1) is 7.68. The highest BCUT2D eigenvalue weighted by atomic mass is 16.5. The van der Waals surface area contributed by atoms with Crippen molar-refractivity contribution in [1.82, 2.24) is 5.32 Å². The van der Waals surface area contributed by atoms with Crippen LogP contribution in [0.3, 0.4) is 0 Å². The molecule has 1 aliphatic rings. The van der Waals surface area contributed by atoms with Crippen LogP contribution in [0.2, 0.25) is 0 Å². The molecule has 1 heterocycles. The van der Waals surface area contributed by atoms with Gasteiger partial charge in [-0.1, -0.05) is 18.2 Å². The van der Waals surface area contributed by atoms with Crippen LogP contribution < -0.4 is 10.1 Å². The highest BCUT2D eigenvalue weighted by Crippen LogP contribution is 2.33. The smallest absolute Gasteiger partial charge is 0.231 e. The molecule has 1 unspecified atom stereocenters. The Morgan fingerprint density at radius 1 is 1.62 bits per heavy atom. The summed E-state index contributed by atoms with van der Waals surface area (Å²) in [6.45, 7) is 2.29. The third-order valence-electron chi connectivity index (χ3n) is 2.59. The first kappa shape index (κ1) is 11.0. The van der Waals surface area contributed by atoms with Crippen LogP contribution in [0.4, 0.5) is 0 Å². The molecule has 4 heteroatoms. The lowest BCUT2D eigenvalue weighted by Crippen LogP contribution is -2.35. The number of carbonyl (C=O) groups is 1. The molecule has 16 heavy (non-hydrogen) atoms. The van der Waals surface area contributed by atoms with Gasteiger partial charge in [0.25, 0.3) is 0 Å². The van der Waals surface area contributed by atoms with E-state index in [0.29, 0.717) is 6.61 Å². The number of benzene rings is 1. The van der Waals surface area contributed by atoms with E-state index in [4.69, 9.17) is 9.84 Å². The minimum Gasteiger partial charge on any atom is -0.492 e. The number of aliphatic hydroxyl groups is 1. The van der Waals surface area contributed by atoms with E-state index >= 15 is 0 Å². The lowest BCUT2D eigenvalue weighted by molar-refractivity contribution is -0.123. The minimum absolute atomic E-state index is 0.0918. The van der Waals surface area contributed by atoms with Gasteiger partial charge in [0.15, 0.2) is 0 Å². The maximum Gasteiger partial charge on any atom is 0.231 e. The largest absolute Gasteiger partial charge is 0.492 e. The molecule has 2 rings (SSSR count). The predicted molar refractivity (Wildman–Crippen MR) is 59.4 cm³/mol. The summed E-state index contributed by atoms with van der Waals surface area (Å²) in [6.07, 6.45) is -0.526. The molecule has 0 saturated heterocycles. The lowest BCUT2D eigenvalue weighted by atomic mass is 10.0. The van der Waals surface area contributed by atoms with Gasteiger partial charge in [0.05, 0.1) is 6.10 Å². The van der Waals surface area contributed by atoms with E-state index in [0.717, 1.165) is 11.3 Å². The van der Waals surface area contributed by atoms with Crippen molar-refractivity contribution in [2.45, 2.75) is 18.9 Å². The second-order valence-electron chi connectivity index (χ2n) is 4.00. The van der Waals surface area contributed by atoms with Gasteiger partial charge in [-0.05, 0) is 13.0 Å². The van der Waals surface area contributed by atoms with Crippen molar-refractivity contribution in [2.24, 2.45) is 0 Å². The quantitative estimate of drug-likeness (QED) is 0.788. The van der Waals surface area contributed by atoms with E-state index in [1.807, 2.05) is 24.3 Å². The van der Waals surface area contributed by atoms with Crippen molar-refractivity contribution in [3.8, 4) is 5.75 Å². The highest BCUT2D eigenvalue weighted by Gasteiger charge is 2.29. The molecule has 1 aliphatic heterocycles. The topological polar surface area (TPSA) is 58.6 Å². The average Bonchev–Trinajstić information content (AvgIpc) is 2.69. The zero-order chi connectivity index (χ0) is 11.5. The molecule has 1 aromatic carbocycles. The summed E-state index contributed by atoms with van der Waals surface area (Å²) in [6, 6.07) is 7.53. The SMILES string of the molecule is C[C@H](O)CNC(=O)C1COc2ccccc21. The summed E-state index contributed by atoms with van der Waals surface area (Å²) in [5, 5.41) is 11.8. The number of rotatable bonds is 3. The molecule has 1 aromatic rings. The Balaban J connectivity index is 2.04. The summed E-state index contributed by atoms with van der Waals surface area (Å²) in [5.74, 6) is 0.431. The van der Waals surface area contributed by atoms with E-state index in [-0.39, 0.29) is 18.4 Å². The lowest BCUT2D eigenvalue weighted by Gasteiger charge is -2.11. The Kier molecular flexibility index (Phi) is 3.10. The Hall–Kier alpha value is -1.55. The van der Waals surface area contributed by atoms with Crippen molar-refractivity contribution in [3.05, 3.63) is 29.8 Å². The Bertz CT molecular complexity index is 390. The van der Waals surface area contributed by atoms with Gasteiger partial charge in [-0.3, -0.25) is 4.79 Å². The van der Waals surface area contributed by atoms with Gasteiger partial charge in [-0.25, -0.2) is 0 Å². The molecule has 0 bridgehead atoms. The molecule has 86 valence electrons. The van der Waals surface area contributed by atoms with E-state index in [1.165, 1.54) is 0 Å². The summed E-state index contributed by atoms with van der Waals surface area (Å²) in [4.78, 5) is 11.8. The fourth-order valence-corrected chi connectivity index (χ4v) is 1.75. The zero-order valence-electron chi connectivity index (χ0n) is 9.14. The fraction of sp³-hybridized carbons (Fsp3) is 0.417. The zero-order valence-corrected chi connectivity index (χ0v) is 9.14. The molecular formula is C12H15NO3. The summed E-state index contributed by atoms with van der Waals surface area (Å²) in [7, 11) is 0. The van der Waals surface area contributed by atoms with Gasteiger partial charge in [0.1, 0.15) is 18.3 Å². The highest BCUT2D eigenvalue weighted by molar-refractivity contribution is 5.85. The number of para-hydroxylation sites is 1. The van der Waals surface area contributed by atoms with Crippen LogP contribution in [0.1, 0.15) is 18.4 Å². The molecule has 1 amide bonds. The van der Waals surface area contributed by atoms with Gasteiger partial charge in [0, 0.05) is 12.1 Å². The van der Waals surface area contributed by atoms with Gasteiger partial charge in [-0.15, -0.1) is 0 Å². The third-order valence-corrected chi connectivity index (χ3v) is 2.59. The Morgan fingerprint density at radius 2 is 2.38 bits per heavy atom. The molecular weight excluding hydrogens is 206 g/mol. The summed E-state index contributed by atoms with van der Waals surface area (Å²) in [5.41, 5.74) is 0.922. The minimum atomic E-state index is -0.526. The van der Waals surface area contributed by atoms with E-state index in [9.17, 15) is 4.79 Å². The second kappa shape index (κ2) is 4.53. The van der Waals surface area contributed by atoms with Gasteiger partial charge in [0.2, 0.25) is 5.91 Å². The van der Waals surface area contributed by atoms with Crippen molar-refractivity contribution >= 4 is 5.91 Å². The third kappa shape index (κ3) is 2.17. The molecule has 2 N–H and O–H groups in total. The molecule has 0 saturated carbocycles. The fourth-order valence-electron chi connectivity index (χ4n) is 1.75. The van der Waals surface area contributed by atoms with Gasteiger partial charge < -0.3 is 15.2 Å². The maximum absolute atomic E-state index is 11.8. The van der Waals surface area contributed by atoms with E-state index in [2.05, 4.69) is 5.32 Å². The first-order valence-electron chi connectivity index (χ1n) is 5.36. The number of carbonyl (C=O) groups excluding carboxylic acids is 1. The van der Waals surface area contributed by atoms with Crippen molar-refractivity contribution in [2.75, 3.05) is 13.2 Å². The number of nitrogens with one attached hydrogen (secondary N) is 1. The van der Waals surface area contributed by atoms with E-state index in [1.54, 1.807) is 6.92 Å². The van der Waals surface area contributed by atoms with Crippen LogP contribution in [0.15, 0.2) is 24.3 Å². The normalized spacial score (nSPS) is 19.8. The van der Waals surface area contributed by atoms with Crippen molar-refractivity contribution in [3.63, 3.8) is 0 Å². The molecule has 0 aromatic heterocycles. The Labute approximate surface area is 94.2 Å². The van der Waals surface area contributed by atoms with Gasteiger partial charge >= 0.3 is 0 Å². The number of amides is 1. The predicted octanol–water partition coefficient (Wildman–Crippen LogP) is 0.660. The first-order valence-corrected chi connectivity index (χ1v) is 5.36. The van der Waals surface area contributed by atoms with Crippen LogP contribution in [0.25, 0.3) is 0 Å². The molecule has 2 atom stereocenters. The molecule has 4 nitrogen and oxygen atoms in total. The molecule has 0 spiro atoms. The van der Waals surface area contributed by atoms with Crippen LogP contribution in [0.5, 0.6) is 5.75 Å². The van der Waals surface area contributed by atoms with Crippen LogP contribution >= 0.6 is 0 Å². The number of ether oxygens (including phenoxy) is 1. The molecule has 0 aliphatic carbocycles.